The number of rotatable bonds is 0. The van der Waals surface area contributed by atoms with Crippen molar-refractivity contribution in [2.75, 3.05) is 0 Å². The molecule has 0 amide bonds. The molecule has 0 saturated carbocycles. The van der Waals surface area contributed by atoms with Crippen molar-refractivity contribution in [3.05, 3.63) is 0 Å². The van der Waals surface area contributed by atoms with E-state index in [1.807, 2.05) is 0 Å². The van der Waals surface area contributed by atoms with Crippen molar-refractivity contribution in [1.29, 1.82) is 0 Å². The number of hydrogen-bond acceptors (Lipinski definition) is 0. The molecule has 0 unspecified atom stereocenters. The molecule has 0 aliphatic carbocycles. The Bertz CT molecular complexity index is 6.00. The van der Waals surface area contributed by atoms with Crippen molar-refractivity contribution >= 4 is 30.6 Å². The molecule has 0 nitrogen and oxygen atoms in total. The summed E-state index contributed by atoms with van der Waals surface area (Å²) in [5.41, 5.74) is 0. The third-order valence-electron chi connectivity index (χ3n) is 0. The van der Waals surface area contributed by atoms with Crippen LogP contribution in [-0.2, 0) is 54.6 Å². The van der Waals surface area contributed by atoms with Gasteiger partial charge in [-0.15, -0.1) is 0 Å². The minimum absolute atomic E-state index is 0. The predicted molar refractivity (Wildman–Crippen MR) is 16.1 cm³/mol. The van der Waals surface area contributed by atoms with Crippen LogP contribution in [0.5, 0.6) is 0 Å². The second kappa shape index (κ2) is 17.2. The van der Waals surface area contributed by atoms with Crippen molar-refractivity contribution in [2.24, 2.45) is 0 Å². The minimum atomic E-state index is 0. The monoisotopic (exact) mass is 342 g/mol. The molecule has 0 aliphatic rings. The van der Waals surface area contributed by atoms with Crippen LogP contribution in [0.2, 0.25) is 0 Å². The second-order valence-electron chi connectivity index (χ2n) is 0. The third kappa shape index (κ3) is 8.83. The molecule has 0 fully saturated rings. The van der Waals surface area contributed by atoms with Crippen LogP contribution in [-0.4, -0.2) is 17.1 Å². The standard InChI is InChI=1S/2Cd.H2S.Se/h;;1H2;. The average molecular weight is 338 g/mol. The smallest absolute Gasteiger partial charge is 0 e. The average Bonchev–Trinajstić information content (AvgIpc) is 0. The van der Waals surface area contributed by atoms with Gasteiger partial charge < -0.3 is 0 Å². The summed E-state index contributed by atoms with van der Waals surface area (Å²) < 4.78 is 0. The Morgan fingerprint density at radius 3 is 0.750 bits per heavy atom. The van der Waals surface area contributed by atoms with Crippen molar-refractivity contribution in [2.45, 2.75) is 0 Å². The normalized spacial score (nSPS) is 0. The predicted octanol–water partition coefficient (Wildman–Crippen LogP) is -0.273. The summed E-state index contributed by atoms with van der Waals surface area (Å²) in [5.74, 6) is 0. The van der Waals surface area contributed by atoms with E-state index in [1.165, 1.54) is 0 Å². The molecule has 0 spiro atoms. The van der Waals surface area contributed by atoms with E-state index in [0.717, 1.165) is 0 Å². The van der Waals surface area contributed by atoms with Crippen LogP contribution in [0.1, 0.15) is 0 Å². The van der Waals surface area contributed by atoms with Gasteiger partial charge in [-0.05, 0) is 0 Å². The quantitative estimate of drug-likeness (QED) is 0.534. The van der Waals surface area contributed by atoms with Crippen LogP contribution in [0.25, 0.3) is 0 Å². The SMILES string of the molecule is S.[Cd].[Cd].[Se]. The van der Waals surface area contributed by atoms with Crippen LogP contribution >= 0.6 is 13.5 Å². The zero-order valence-electron chi connectivity index (χ0n) is 2.32. The zero-order chi connectivity index (χ0) is 0. The van der Waals surface area contributed by atoms with Gasteiger partial charge >= 0.3 is 0 Å². The van der Waals surface area contributed by atoms with Gasteiger partial charge in [-0.25, -0.2) is 0 Å². The van der Waals surface area contributed by atoms with Gasteiger partial charge in [0.05, 0.1) is 0 Å². The van der Waals surface area contributed by atoms with Gasteiger partial charge in [-0.2, -0.15) is 13.5 Å². The van der Waals surface area contributed by atoms with E-state index >= 15 is 0 Å². The van der Waals surface area contributed by atoms with Gasteiger partial charge in [0.15, 0.2) is 0 Å². The summed E-state index contributed by atoms with van der Waals surface area (Å²) in [7, 11) is 0. The molecular weight excluding hydrogens is 336 g/mol. The van der Waals surface area contributed by atoms with Gasteiger partial charge in [0.2, 0.25) is 0 Å². The van der Waals surface area contributed by atoms with Crippen LogP contribution in [0.15, 0.2) is 0 Å². The summed E-state index contributed by atoms with van der Waals surface area (Å²) in [4.78, 5) is 0. The van der Waals surface area contributed by atoms with Crippen molar-refractivity contribution < 1.29 is 54.6 Å². The molecule has 4 heavy (non-hydrogen) atoms. The first kappa shape index (κ1) is 29.8. The molecule has 4 heteroatoms. The van der Waals surface area contributed by atoms with Crippen molar-refractivity contribution in [1.82, 2.24) is 0 Å². The van der Waals surface area contributed by atoms with Crippen LogP contribution in [0.4, 0.5) is 0 Å². The molecule has 18 valence electrons. The Hall–Kier alpha value is 2.71. The second-order valence-corrected chi connectivity index (χ2v) is 0. The fourth-order valence-corrected chi connectivity index (χ4v) is 0. The van der Waals surface area contributed by atoms with Gasteiger partial charge in [-0.1, -0.05) is 0 Å². The fourth-order valence-electron chi connectivity index (χ4n) is 0. The fraction of sp³-hybridized carbons (Fsp3) is 0. The zero-order valence-corrected chi connectivity index (χ0v) is 13.1. The summed E-state index contributed by atoms with van der Waals surface area (Å²) in [6.07, 6.45) is 0. The van der Waals surface area contributed by atoms with E-state index in [4.69, 9.17) is 0 Å². The Morgan fingerprint density at radius 2 is 0.750 bits per heavy atom. The minimum Gasteiger partial charge on any atom is -0.197 e. The molecular formula is H2Cd2SSe. The van der Waals surface area contributed by atoms with E-state index < -0.39 is 0 Å². The topological polar surface area (TPSA) is 0 Å². The van der Waals surface area contributed by atoms with Crippen molar-refractivity contribution in [3.8, 4) is 0 Å². The van der Waals surface area contributed by atoms with E-state index in [2.05, 4.69) is 0 Å². The summed E-state index contributed by atoms with van der Waals surface area (Å²) in [6.45, 7) is 0. The Labute approximate surface area is 83.7 Å². The molecule has 0 heterocycles. The van der Waals surface area contributed by atoms with Gasteiger partial charge in [0.25, 0.3) is 0 Å². The largest absolute Gasteiger partial charge is 0.197 e. The van der Waals surface area contributed by atoms with Gasteiger partial charge in [-0.3, -0.25) is 0 Å². The molecule has 0 rings (SSSR count). The summed E-state index contributed by atoms with van der Waals surface area (Å²) >= 11 is 0. The maximum absolute atomic E-state index is 0. The molecule has 0 N–H and O–H groups in total. The first-order chi connectivity index (χ1) is 0. The molecule has 2 radical (unpaired) electrons. The molecule has 0 aromatic heterocycles. The third-order valence-corrected chi connectivity index (χ3v) is 0. The van der Waals surface area contributed by atoms with Crippen molar-refractivity contribution in [3.63, 3.8) is 0 Å². The van der Waals surface area contributed by atoms with E-state index in [0.29, 0.717) is 0 Å². The molecule has 0 aromatic carbocycles. The molecule has 0 aliphatic heterocycles. The van der Waals surface area contributed by atoms with E-state index in [9.17, 15) is 0 Å². The Morgan fingerprint density at radius 1 is 0.750 bits per heavy atom. The van der Waals surface area contributed by atoms with Gasteiger partial charge in [0, 0.05) is 71.7 Å². The summed E-state index contributed by atoms with van der Waals surface area (Å²) in [5, 5.41) is 0. The molecule has 0 aromatic rings. The first-order valence-electron chi connectivity index (χ1n) is 0. The maximum atomic E-state index is 0. The van der Waals surface area contributed by atoms with E-state index in [-0.39, 0.29) is 85.2 Å². The molecule has 0 bridgehead atoms. The molecule has 0 atom stereocenters. The van der Waals surface area contributed by atoms with Crippen LogP contribution in [0.3, 0.4) is 0 Å². The van der Waals surface area contributed by atoms with E-state index in [1.54, 1.807) is 0 Å². The summed E-state index contributed by atoms with van der Waals surface area (Å²) in [6, 6.07) is 0. The Balaban J connectivity index is 0. The van der Waals surface area contributed by atoms with Crippen LogP contribution < -0.4 is 0 Å². The van der Waals surface area contributed by atoms with Gasteiger partial charge in [0.1, 0.15) is 0 Å². The molecule has 0 saturated heterocycles. The number of hydrogen-bond donors (Lipinski definition) is 0. The maximum Gasteiger partial charge on any atom is 0 e. The Kier molecular flexibility index (Phi) is 128. The first-order valence-corrected chi connectivity index (χ1v) is 0. The van der Waals surface area contributed by atoms with Crippen LogP contribution in [0, 0.1) is 0 Å².